The summed E-state index contributed by atoms with van der Waals surface area (Å²) in [6, 6.07) is 17.0. The van der Waals surface area contributed by atoms with Gasteiger partial charge >= 0.3 is 0 Å². The molecule has 6 N–H and O–H groups in total. The van der Waals surface area contributed by atoms with Crippen LogP contribution in [0.25, 0.3) is 21.6 Å². The van der Waals surface area contributed by atoms with Gasteiger partial charge in [0.1, 0.15) is 42.1 Å². The van der Waals surface area contributed by atoms with E-state index in [-0.39, 0.29) is 133 Å². The van der Waals surface area contributed by atoms with E-state index in [4.69, 9.17) is 42.1 Å². The lowest BCUT2D eigenvalue weighted by Gasteiger charge is -2.35. The SMILES string of the molecule is COc1cc(C(=O)NCCOCCOCCOCC(=O)N[C@H](C(=O)N2C[C@H](O)C[C@H]2C(=O)NCc2ccc(-c3scnc3C)cc2)C(C)(C)C)ccc1NC(=O)[C@@H]1NC(CC(C)(C)C)CC#C/C(c2ccc(Cl)cc2F)=C/1c1cccc(Cl)c1F. The summed E-state index contributed by atoms with van der Waals surface area (Å²) in [5.41, 5.74) is 4.16. The number of aliphatic hydroxyl groups excluding tert-OH is 1. The number of aromatic nitrogens is 1. The Bertz CT molecular complexity index is 3300. The predicted octanol–water partition coefficient (Wildman–Crippen LogP) is 9.02. The molecule has 2 aliphatic rings. The number of allylic oxidation sites excluding steroid dienone is 1. The fourth-order valence-electron chi connectivity index (χ4n) is 9.90. The molecule has 0 radical (unpaired) electrons. The molecule has 22 heteroatoms. The number of rotatable bonds is 24. The number of amides is 5. The van der Waals surface area contributed by atoms with Crippen LogP contribution in [0.1, 0.15) is 93.5 Å². The van der Waals surface area contributed by atoms with Gasteiger partial charge in [0.2, 0.25) is 23.6 Å². The second-order valence-corrected chi connectivity index (χ2v) is 24.7. The van der Waals surface area contributed by atoms with E-state index in [0.717, 1.165) is 27.8 Å². The summed E-state index contributed by atoms with van der Waals surface area (Å²) in [7, 11) is 1.38. The van der Waals surface area contributed by atoms with Crippen molar-refractivity contribution >= 4 is 80.9 Å². The molecule has 0 saturated carbocycles. The van der Waals surface area contributed by atoms with Crippen LogP contribution in [0, 0.1) is 41.2 Å². The normalized spacial score (nSPS) is 18.3. The Morgan fingerprint density at radius 2 is 1.60 bits per heavy atom. The first-order valence-electron chi connectivity index (χ1n) is 27.9. The summed E-state index contributed by atoms with van der Waals surface area (Å²) < 4.78 is 54.4. The minimum Gasteiger partial charge on any atom is -0.495 e. The van der Waals surface area contributed by atoms with Crippen molar-refractivity contribution in [3.63, 3.8) is 0 Å². The van der Waals surface area contributed by atoms with Gasteiger partial charge in [0, 0.05) is 71.4 Å². The van der Waals surface area contributed by atoms with Crippen LogP contribution in [0.3, 0.4) is 0 Å². The molecule has 5 amide bonds. The van der Waals surface area contributed by atoms with Crippen molar-refractivity contribution in [2.75, 3.05) is 65.2 Å². The van der Waals surface area contributed by atoms with Crippen LogP contribution in [-0.4, -0.2) is 135 Å². The van der Waals surface area contributed by atoms with Crippen molar-refractivity contribution < 1.29 is 56.8 Å². The topological polar surface area (TPSA) is 219 Å². The fraction of sp³-hybridized carbons (Fsp3) is 0.429. The lowest BCUT2D eigenvalue weighted by Crippen LogP contribution is -2.58. The smallest absolute Gasteiger partial charge is 0.251 e. The van der Waals surface area contributed by atoms with Crippen molar-refractivity contribution in [1.29, 1.82) is 0 Å². The Hall–Kier alpha value is -6.80. The average molecular weight is 1230 g/mol. The number of nitrogens with one attached hydrogen (secondary N) is 5. The van der Waals surface area contributed by atoms with Gasteiger partial charge in [0.05, 0.1) is 73.0 Å². The molecule has 0 aliphatic carbocycles. The second kappa shape index (κ2) is 30.0. The molecule has 1 aromatic heterocycles. The highest BCUT2D eigenvalue weighted by molar-refractivity contribution is 7.13. The highest BCUT2D eigenvalue weighted by Crippen LogP contribution is 2.38. The van der Waals surface area contributed by atoms with Crippen LogP contribution < -0.4 is 31.3 Å². The highest BCUT2D eigenvalue weighted by Gasteiger charge is 2.44. The van der Waals surface area contributed by atoms with Crippen molar-refractivity contribution in [3.05, 3.63) is 134 Å². The molecule has 1 fully saturated rings. The zero-order chi connectivity index (χ0) is 61.6. The number of carbonyl (C=O) groups excluding carboxylic acids is 5. The number of benzene rings is 4. The molecule has 85 heavy (non-hydrogen) atoms. The first kappa shape index (κ1) is 65.7. The van der Waals surface area contributed by atoms with Crippen molar-refractivity contribution in [3.8, 4) is 28.0 Å². The Balaban J connectivity index is 0.850. The van der Waals surface area contributed by atoms with Crippen LogP contribution in [0.4, 0.5) is 14.5 Å². The Morgan fingerprint density at radius 1 is 0.882 bits per heavy atom. The quantitative estimate of drug-likeness (QED) is 0.0252. The molecule has 4 aromatic carbocycles. The molecule has 0 bridgehead atoms. The third-order valence-corrected chi connectivity index (χ3v) is 15.5. The van der Waals surface area contributed by atoms with Crippen LogP contribution >= 0.6 is 34.5 Å². The molecule has 2 aliphatic heterocycles. The van der Waals surface area contributed by atoms with Crippen molar-refractivity contribution in [1.82, 2.24) is 31.2 Å². The van der Waals surface area contributed by atoms with E-state index in [2.05, 4.69) is 43.4 Å². The summed E-state index contributed by atoms with van der Waals surface area (Å²) in [5, 5.41) is 25.3. The summed E-state index contributed by atoms with van der Waals surface area (Å²) >= 11 is 14.0. The number of hydrogen-bond acceptors (Lipinski definition) is 13. The molecule has 7 rings (SSSR count). The second-order valence-electron chi connectivity index (χ2n) is 23.0. The largest absolute Gasteiger partial charge is 0.495 e. The summed E-state index contributed by atoms with van der Waals surface area (Å²) in [6.07, 6.45) is 0.0117. The minimum atomic E-state index is -1.31. The van der Waals surface area contributed by atoms with Crippen LogP contribution in [0.5, 0.6) is 5.75 Å². The van der Waals surface area contributed by atoms with E-state index >= 15 is 8.78 Å². The highest BCUT2D eigenvalue weighted by atomic mass is 35.5. The van der Waals surface area contributed by atoms with Crippen LogP contribution in [0.15, 0.2) is 84.4 Å². The van der Waals surface area contributed by atoms with Gasteiger partial charge in [0.15, 0.2) is 0 Å². The molecule has 1 saturated heterocycles. The standard InChI is InChI=1S/C63H73Cl2F2N7O10S/c1-37-56(85-36-70-37)39-17-15-38(16-18-39)33-69-59(78)50-31-43(75)34-74(50)61(80)57(63(5,6)7)73-52(76)35-84-28-27-83-26-25-82-24-23-68-58(77)40-19-22-49(51(29-40)81-8)72-60(79)55-53(46-13-10-14-47(65)54(46)67)45(44-21-20-41(64)30-48(44)66)12-9-11-42(71-55)32-62(2,3)4/h10,13-22,29-30,36,42-43,50,55,57,71,75H,11,23-28,31-35H2,1-8H3,(H,68,77)(H,69,78)(H,72,79)(H,73,76)/b53-45-/t42?,43-,50+,55-,57-/m1/s1. The van der Waals surface area contributed by atoms with E-state index < -0.39 is 70.8 Å². The number of aliphatic hydroxyl groups is 1. The van der Waals surface area contributed by atoms with Gasteiger partial charge in [-0.05, 0) is 77.8 Å². The van der Waals surface area contributed by atoms with Crippen molar-refractivity contribution in [2.24, 2.45) is 10.8 Å². The maximum atomic E-state index is 16.2. The maximum absolute atomic E-state index is 16.2. The number of β-amino-alcohol motifs (C(OH)–C–C–N with tert-alkyl or cyclic N) is 1. The van der Waals surface area contributed by atoms with Crippen LogP contribution in [-0.2, 0) is 39.9 Å². The number of carbonyl (C=O) groups is 5. The van der Waals surface area contributed by atoms with E-state index in [0.29, 0.717) is 6.42 Å². The maximum Gasteiger partial charge on any atom is 0.251 e. The van der Waals surface area contributed by atoms with Gasteiger partial charge in [-0.2, -0.15) is 0 Å². The molecule has 0 spiro atoms. The number of halogens is 4. The molecule has 5 aromatic rings. The number of ether oxygens (including phenoxy) is 4. The Labute approximate surface area is 508 Å². The van der Waals surface area contributed by atoms with Gasteiger partial charge < -0.3 is 50.2 Å². The van der Waals surface area contributed by atoms with Crippen LogP contribution in [0.2, 0.25) is 10.0 Å². The van der Waals surface area contributed by atoms with Gasteiger partial charge in [-0.1, -0.05) is 113 Å². The van der Waals surface area contributed by atoms with Gasteiger partial charge in [0.25, 0.3) is 5.91 Å². The van der Waals surface area contributed by atoms with E-state index in [1.165, 1.54) is 60.5 Å². The molecular formula is C63H73Cl2F2N7O10S. The Kier molecular flexibility index (Phi) is 23.2. The molecular weight excluding hydrogens is 1160 g/mol. The number of anilines is 1. The lowest BCUT2D eigenvalue weighted by atomic mass is 9.83. The van der Waals surface area contributed by atoms with E-state index in [1.54, 1.807) is 37.6 Å². The van der Waals surface area contributed by atoms with E-state index in [1.807, 2.05) is 52.0 Å². The first-order valence-corrected chi connectivity index (χ1v) is 29.5. The van der Waals surface area contributed by atoms with E-state index in [9.17, 15) is 29.1 Å². The number of hydrogen-bond donors (Lipinski definition) is 6. The summed E-state index contributed by atoms with van der Waals surface area (Å²) in [4.78, 5) is 75.3. The molecule has 5 atom stereocenters. The fourth-order valence-corrected chi connectivity index (χ4v) is 11.0. The van der Waals surface area contributed by atoms with Gasteiger partial charge in [-0.25, -0.2) is 13.8 Å². The number of thiazole rings is 1. The number of methoxy groups -OCH3 is 1. The zero-order valence-electron chi connectivity index (χ0n) is 48.9. The number of aryl methyl sites for hydroxylation is 1. The molecule has 3 heterocycles. The number of likely N-dealkylation sites (tertiary alicyclic amines) is 1. The monoisotopic (exact) mass is 1230 g/mol. The first-order chi connectivity index (χ1) is 40.4. The lowest BCUT2D eigenvalue weighted by molar-refractivity contribution is -0.144. The molecule has 1 unspecified atom stereocenters. The Morgan fingerprint density at radius 3 is 2.27 bits per heavy atom. The number of nitrogens with zero attached hydrogens (tertiary/aromatic N) is 2. The third-order valence-electron chi connectivity index (χ3n) is 14.0. The molecule has 17 nitrogen and oxygen atoms in total. The zero-order valence-corrected chi connectivity index (χ0v) is 51.2. The average Bonchev–Trinajstić information content (AvgIpc) is 3.53. The van der Waals surface area contributed by atoms with Gasteiger partial charge in [-0.3, -0.25) is 29.3 Å². The summed E-state index contributed by atoms with van der Waals surface area (Å²) in [5.74, 6) is 2.27. The minimum absolute atomic E-state index is 0.0100. The van der Waals surface area contributed by atoms with Crippen molar-refractivity contribution in [2.45, 2.75) is 105 Å². The predicted molar refractivity (Wildman–Crippen MR) is 325 cm³/mol. The summed E-state index contributed by atoms with van der Waals surface area (Å²) in [6.45, 7) is 14.2. The van der Waals surface area contributed by atoms with Gasteiger partial charge in [-0.15, -0.1) is 11.3 Å². The third kappa shape index (κ3) is 18.1. The molecule has 454 valence electrons.